The quantitative estimate of drug-likeness (QED) is 0.615. The summed E-state index contributed by atoms with van der Waals surface area (Å²) in [5, 5.41) is 4.32. The summed E-state index contributed by atoms with van der Waals surface area (Å²) in [4.78, 5) is 0. The van der Waals surface area contributed by atoms with Crippen molar-refractivity contribution in [3.8, 4) is 0 Å². The fraction of sp³-hybridized carbons (Fsp3) is 0.176. The van der Waals surface area contributed by atoms with Gasteiger partial charge in [-0.15, -0.1) is 0 Å². The van der Waals surface area contributed by atoms with Crippen LogP contribution in [0.2, 0.25) is 5.02 Å². The second kappa shape index (κ2) is 5.49. The fourth-order valence-corrected chi connectivity index (χ4v) is 2.85. The van der Waals surface area contributed by atoms with E-state index in [1.165, 1.54) is 6.07 Å². The Labute approximate surface area is 136 Å². The van der Waals surface area contributed by atoms with Crippen LogP contribution < -0.4 is 5.32 Å². The zero-order chi connectivity index (χ0) is 16.8. The topological polar surface area (TPSA) is 17.0 Å². The third kappa shape index (κ3) is 2.77. The van der Waals surface area contributed by atoms with E-state index in [1.54, 1.807) is 0 Å². The number of alkyl halides is 3. The van der Waals surface area contributed by atoms with Crippen LogP contribution in [0, 0.1) is 6.92 Å². The van der Waals surface area contributed by atoms with Crippen molar-refractivity contribution < 1.29 is 13.2 Å². The maximum atomic E-state index is 12.9. The number of rotatable bonds is 2. The molecular formula is C17H14ClF3N2. The van der Waals surface area contributed by atoms with Gasteiger partial charge in [0.2, 0.25) is 0 Å². The molecule has 1 N–H and O–H groups in total. The van der Waals surface area contributed by atoms with Crippen LogP contribution in [-0.2, 0) is 13.2 Å². The molecule has 0 saturated carbocycles. The van der Waals surface area contributed by atoms with Crippen LogP contribution >= 0.6 is 11.6 Å². The van der Waals surface area contributed by atoms with Gasteiger partial charge in [0.1, 0.15) is 5.82 Å². The number of nitrogens with one attached hydrogen (secondary N) is 1. The zero-order valence-electron chi connectivity index (χ0n) is 12.5. The lowest BCUT2D eigenvalue weighted by molar-refractivity contribution is -0.137. The standard InChI is InChI=1S/C17H14ClF3N2/c1-10-12-5-3-4-6-15(12)23(2)16(10)22-14-9-11(17(19,20)21)7-8-13(14)18/h3-9,22H,1-2H3. The molecular weight excluding hydrogens is 325 g/mol. The molecule has 3 rings (SSSR count). The van der Waals surface area contributed by atoms with Crippen LogP contribution in [-0.4, -0.2) is 4.57 Å². The largest absolute Gasteiger partial charge is 0.416 e. The van der Waals surface area contributed by atoms with E-state index in [1.807, 2.05) is 42.8 Å². The summed E-state index contributed by atoms with van der Waals surface area (Å²) in [5.74, 6) is 0.715. The first-order valence-electron chi connectivity index (χ1n) is 6.97. The molecule has 0 aliphatic heterocycles. The minimum absolute atomic E-state index is 0.232. The second-order valence-electron chi connectivity index (χ2n) is 5.37. The average molecular weight is 339 g/mol. The van der Waals surface area contributed by atoms with E-state index < -0.39 is 11.7 Å². The molecule has 120 valence electrons. The Hall–Kier alpha value is -2.14. The van der Waals surface area contributed by atoms with E-state index in [9.17, 15) is 13.2 Å². The number of para-hydroxylation sites is 1. The summed E-state index contributed by atoms with van der Waals surface area (Å²) in [5.41, 5.74) is 1.45. The molecule has 0 saturated heterocycles. The van der Waals surface area contributed by atoms with Crippen LogP contribution in [0.25, 0.3) is 10.9 Å². The van der Waals surface area contributed by atoms with Crippen molar-refractivity contribution in [3.05, 3.63) is 58.6 Å². The number of hydrogen-bond acceptors (Lipinski definition) is 1. The van der Waals surface area contributed by atoms with Crippen molar-refractivity contribution in [1.82, 2.24) is 4.57 Å². The predicted molar refractivity (Wildman–Crippen MR) is 87.4 cm³/mol. The molecule has 1 aromatic heterocycles. The number of fused-ring (bicyclic) bond motifs is 1. The summed E-state index contributed by atoms with van der Waals surface area (Å²) in [7, 11) is 1.86. The number of hydrogen-bond donors (Lipinski definition) is 1. The minimum Gasteiger partial charge on any atom is -0.340 e. The number of aryl methyl sites for hydroxylation is 2. The van der Waals surface area contributed by atoms with Crippen LogP contribution in [0.15, 0.2) is 42.5 Å². The number of benzene rings is 2. The molecule has 1 heterocycles. The molecule has 0 radical (unpaired) electrons. The third-order valence-electron chi connectivity index (χ3n) is 3.91. The Balaban J connectivity index is 2.09. The molecule has 0 aliphatic rings. The first-order chi connectivity index (χ1) is 10.8. The van der Waals surface area contributed by atoms with Gasteiger partial charge < -0.3 is 9.88 Å². The SMILES string of the molecule is Cc1c(Nc2cc(C(F)(F)F)ccc2Cl)n(C)c2ccccc12. The summed E-state index contributed by atoms with van der Waals surface area (Å²) in [6.45, 7) is 1.92. The van der Waals surface area contributed by atoms with Crippen molar-refractivity contribution in [2.75, 3.05) is 5.32 Å². The maximum absolute atomic E-state index is 12.9. The highest BCUT2D eigenvalue weighted by Gasteiger charge is 2.31. The lowest BCUT2D eigenvalue weighted by Crippen LogP contribution is -2.06. The number of aromatic nitrogens is 1. The molecule has 0 amide bonds. The molecule has 23 heavy (non-hydrogen) atoms. The minimum atomic E-state index is -4.41. The van der Waals surface area contributed by atoms with Crippen LogP contribution in [0.3, 0.4) is 0 Å². The van der Waals surface area contributed by atoms with E-state index in [0.717, 1.165) is 28.6 Å². The Morgan fingerprint density at radius 2 is 1.78 bits per heavy atom. The molecule has 0 aliphatic carbocycles. The van der Waals surface area contributed by atoms with Crippen molar-refractivity contribution in [2.45, 2.75) is 13.1 Å². The van der Waals surface area contributed by atoms with Crippen molar-refractivity contribution in [3.63, 3.8) is 0 Å². The Morgan fingerprint density at radius 1 is 1.09 bits per heavy atom. The molecule has 0 spiro atoms. The van der Waals surface area contributed by atoms with Gasteiger partial charge in [-0.05, 0) is 36.8 Å². The summed E-state index contributed by atoms with van der Waals surface area (Å²) < 4.78 is 40.6. The lowest BCUT2D eigenvalue weighted by atomic mass is 10.1. The monoisotopic (exact) mass is 338 g/mol. The summed E-state index contributed by atoms with van der Waals surface area (Å²) in [6, 6.07) is 11.0. The van der Waals surface area contributed by atoms with E-state index in [-0.39, 0.29) is 10.7 Å². The highest BCUT2D eigenvalue weighted by molar-refractivity contribution is 6.33. The van der Waals surface area contributed by atoms with Crippen LogP contribution in [0.5, 0.6) is 0 Å². The average Bonchev–Trinajstić information content (AvgIpc) is 2.74. The molecule has 3 aromatic rings. The highest BCUT2D eigenvalue weighted by Crippen LogP contribution is 2.37. The van der Waals surface area contributed by atoms with Gasteiger partial charge in [-0.1, -0.05) is 29.8 Å². The lowest BCUT2D eigenvalue weighted by Gasteiger charge is -2.14. The Bertz CT molecular complexity index is 842. The predicted octanol–water partition coefficient (Wildman–Crippen LogP) is 5.90. The number of anilines is 2. The van der Waals surface area contributed by atoms with Gasteiger partial charge in [-0.3, -0.25) is 0 Å². The van der Waals surface area contributed by atoms with E-state index in [0.29, 0.717) is 5.82 Å². The van der Waals surface area contributed by atoms with Gasteiger partial charge in [0.15, 0.2) is 0 Å². The van der Waals surface area contributed by atoms with Crippen molar-refractivity contribution >= 4 is 34.0 Å². The molecule has 2 nitrogen and oxygen atoms in total. The number of nitrogens with zero attached hydrogens (tertiary/aromatic N) is 1. The first kappa shape index (κ1) is 15.7. The summed E-state index contributed by atoms with van der Waals surface area (Å²) in [6.07, 6.45) is -4.41. The first-order valence-corrected chi connectivity index (χ1v) is 7.34. The molecule has 2 aromatic carbocycles. The zero-order valence-corrected chi connectivity index (χ0v) is 13.3. The number of halogens is 4. The molecule has 0 atom stereocenters. The van der Waals surface area contributed by atoms with Gasteiger partial charge in [0.25, 0.3) is 0 Å². The van der Waals surface area contributed by atoms with E-state index in [4.69, 9.17) is 11.6 Å². The van der Waals surface area contributed by atoms with E-state index >= 15 is 0 Å². The van der Waals surface area contributed by atoms with Crippen molar-refractivity contribution in [1.29, 1.82) is 0 Å². The normalized spacial score (nSPS) is 11.9. The van der Waals surface area contributed by atoms with Gasteiger partial charge in [-0.25, -0.2) is 0 Å². The van der Waals surface area contributed by atoms with Gasteiger partial charge in [0, 0.05) is 18.0 Å². The van der Waals surface area contributed by atoms with Gasteiger partial charge in [-0.2, -0.15) is 13.2 Å². The second-order valence-corrected chi connectivity index (χ2v) is 5.77. The van der Waals surface area contributed by atoms with Gasteiger partial charge >= 0.3 is 6.18 Å². The fourth-order valence-electron chi connectivity index (χ4n) is 2.69. The molecule has 0 bridgehead atoms. The highest BCUT2D eigenvalue weighted by atomic mass is 35.5. The maximum Gasteiger partial charge on any atom is 0.416 e. The smallest absolute Gasteiger partial charge is 0.340 e. The van der Waals surface area contributed by atoms with Crippen molar-refractivity contribution in [2.24, 2.45) is 7.05 Å². The Kier molecular flexibility index (Phi) is 3.76. The van der Waals surface area contributed by atoms with Gasteiger partial charge in [0.05, 0.1) is 16.3 Å². The third-order valence-corrected chi connectivity index (χ3v) is 4.24. The van der Waals surface area contributed by atoms with Crippen LogP contribution in [0.1, 0.15) is 11.1 Å². The molecule has 0 unspecified atom stereocenters. The van der Waals surface area contributed by atoms with E-state index in [2.05, 4.69) is 5.32 Å². The molecule has 0 fully saturated rings. The Morgan fingerprint density at radius 3 is 2.43 bits per heavy atom. The summed E-state index contributed by atoms with van der Waals surface area (Å²) >= 11 is 6.06. The molecule has 6 heteroatoms. The van der Waals surface area contributed by atoms with Crippen LogP contribution in [0.4, 0.5) is 24.7 Å².